The number of rotatable bonds is 10. The number of amides is 3. The zero-order valence-electron chi connectivity index (χ0n) is 20.3. The minimum absolute atomic E-state index is 0.0608. The standard InChI is InChI=1S/C28H31N3O5/c1-2-35-23-16-9-8-15-22(23)26(28(34)30-20-11-6-7-12-20)31(21-13-4-3-5-14-21)25(32)19-29-27(33)24-17-10-18-36-24/h3-5,8-10,13-18,20,26H,2,6-7,11-12,19H2,1H3,(H,29,33)(H,30,34)/t26-/m1/s1. The second-order valence-electron chi connectivity index (χ2n) is 8.62. The maximum absolute atomic E-state index is 13.8. The van der Waals surface area contributed by atoms with Gasteiger partial charge in [-0.25, -0.2) is 0 Å². The molecule has 3 aromatic rings. The second-order valence-corrected chi connectivity index (χ2v) is 8.62. The Hall–Kier alpha value is -4.07. The summed E-state index contributed by atoms with van der Waals surface area (Å²) >= 11 is 0. The van der Waals surface area contributed by atoms with E-state index < -0.39 is 17.9 Å². The van der Waals surface area contributed by atoms with E-state index in [4.69, 9.17) is 9.15 Å². The quantitative estimate of drug-likeness (QED) is 0.444. The van der Waals surface area contributed by atoms with Crippen molar-refractivity contribution < 1.29 is 23.5 Å². The Morgan fingerprint density at radius 3 is 2.42 bits per heavy atom. The van der Waals surface area contributed by atoms with E-state index in [-0.39, 0.29) is 24.3 Å². The van der Waals surface area contributed by atoms with Gasteiger partial charge in [0.15, 0.2) is 5.76 Å². The average Bonchev–Trinajstić information content (AvgIpc) is 3.62. The SMILES string of the molecule is CCOc1ccccc1[C@H](C(=O)NC1CCCC1)N(C(=O)CNC(=O)c1ccco1)c1ccccc1. The number of carbonyl (C=O) groups is 3. The molecule has 188 valence electrons. The van der Waals surface area contributed by atoms with E-state index in [2.05, 4.69) is 10.6 Å². The van der Waals surface area contributed by atoms with Crippen LogP contribution in [0.1, 0.15) is 54.8 Å². The number of hydrogen-bond acceptors (Lipinski definition) is 5. The van der Waals surface area contributed by atoms with Crippen molar-refractivity contribution in [3.63, 3.8) is 0 Å². The molecule has 0 spiro atoms. The largest absolute Gasteiger partial charge is 0.493 e. The second kappa shape index (κ2) is 12.1. The zero-order valence-corrected chi connectivity index (χ0v) is 20.3. The molecule has 8 nitrogen and oxygen atoms in total. The maximum atomic E-state index is 13.8. The van der Waals surface area contributed by atoms with Gasteiger partial charge in [-0.3, -0.25) is 19.3 Å². The van der Waals surface area contributed by atoms with Crippen LogP contribution in [0.5, 0.6) is 5.75 Å². The lowest BCUT2D eigenvalue weighted by Crippen LogP contribution is -2.49. The Morgan fingerprint density at radius 1 is 1.00 bits per heavy atom. The number of benzene rings is 2. The number of nitrogens with zero attached hydrogens (tertiary/aromatic N) is 1. The van der Waals surface area contributed by atoms with Gasteiger partial charge >= 0.3 is 0 Å². The molecule has 0 saturated heterocycles. The lowest BCUT2D eigenvalue weighted by molar-refractivity contribution is -0.126. The minimum Gasteiger partial charge on any atom is -0.493 e. The van der Waals surface area contributed by atoms with Crippen LogP contribution in [-0.4, -0.2) is 36.9 Å². The van der Waals surface area contributed by atoms with Gasteiger partial charge in [0.1, 0.15) is 11.8 Å². The summed E-state index contributed by atoms with van der Waals surface area (Å²) in [5, 5.41) is 5.75. The van der Waals surface area contributed by atoms with Gasteiger partial charge in [-0.2, -0.15) is 0 Å². The normalized spacial score (nSPS) is 14.1. The van der Waals surface area contributed by atoms with Gasteiger partial charge in [0.25, 0.3) is 5.91 Å². The van der Waals surface area contributed by atoms with Crippen molar-refractivity contribution in [1.82, 2.24) is 10.6 Å². The molecule has 1 aromatic heterocycles. The smallest absolute Gasteiger partial charge is 0.287 e. The van der Waals surface area contributed by atoms with Crippen LogP contribution in [0.4, 0.5) is 5.69 Å². The molecule has 2 aromatic carbocycles. The van der Waals surface area contributed by atoms with Crippen LogP contribution < -0.4 is 20.3 Å². The van der Waals surface area contributed by atoms with Crippen LogP contribution in [0.2, 0.25) is 0 Å². The Balaban J connectivity index is 1.70. The maximum Gasteiger partial charge on any atom is 0.287 e. The third kappa shape index (κ3) is 5.94. The topological polar surface area (TPSA) is 101 Å². The van der Waals surface area contributed by atoms with Gasteiger partial charge in [0, 0.05) is 17.3 Å². The first-order valence-electron chi connectivity index (χ1n) is 12.3. The lowest BCUT2D eigenvalue weighted by atomic mass is 10.0. The van der Waals surface area contributed by atoms with E-state index in [1.807, 2.05) is 25.1 Å². The Morgan fingerprint density at radius 2 is 1.72 bits per heavy atom. The average molecular weight is 490 g/mol. The van der Waals surface area contributed by atoms with Crippen molar-refractivity contribution in [2.24, 2.45) is 0 Å². The van der Waals surface area contributed by atoms with E-state index in [0.29, 0.717) is 23.6 Å². The van der Waals surface area contributed by atoms with E-state index in [1.165, 1.54) is 17.2 Å². The summed E-state index contributed by atoms with van der Waals surface area (Å²) in [5.74, 6) is -0.614. The van der Waals surface area contributed by atoms with Crippen LogP contribution in [0.3, 0.4) is 0 Å². The van der Waals surface area contributed by atoms with Gasteiger partial charge in [0.2, 0.25) is 11.8 Å². The molecule has 2 N–H and O–H groups in total. The number of para-hydroxylation sites is 2. The molecule has 0 radical (unpaired) electrons. The molecular formula is C28H31N3O5. The molecule has 1 aliphatic carbocycles. The van der Waals surface area contributed by atoms with Crippen molar-refractivity contribution >= 4 is 23.4 Å². The fourth-order valence-electron chi connectivity index (χ4n) is 4.50. The zero-order chi connectivity index (χ0) is 25.3. The molecule has 3 amide bonds. The van der Waals surface area contributed by atoms with E-state index in [1.54, 1.807) is 42.5 Å². The number of ether oxygens (including phenoxy) is 1. The highest BCUT2D eigenvalue weighted by atomic mass is 16.5. The first-order chi connectivity index (χ1) is 17.6. The van der Waals surface area contributed by atoms with E-state index in [9.17, 15) is 14.4 Å². The van der Waals surface area contributed by atoms with E-state index in [0.717, 1.165) is 25.7 Å². The summed E-state index contributed by atoms with van der Waals surface area (Å²) in [5.41, 5.74) is 1.11. The van der Waals surface area contributed by atoms with Crippen LogP contribution >= 0.6 is 0 Å². The molecule has 36 heavy (non-hydrogen) atoms. The molecule has 1 aliphatic rings. The Bertz CT molecular complexity index is 1160. The van der Waals surface area contributed by atoms with Crippen LogP contribution in [0.25, 0.3) is 0 Å². The van der Waals surface area contributed by atoms with Crippen molar-refractivity contribution in [1.29, 1.82) is 0 Å². The molecule has 8 heteroatoms. The number of furan rings is 1. The molecule has 1 fully saturated rings. The summed E-state index contributed by atoms with van der Waals surface area (Å²) in [6.45, 7) is 1.96. The number of nitrogens with one attached hydrogen (secondary N) is 2. The molecule has 0 bridgehead atoms. The number of hydrogen-bond donors (Lipinski definition) is 2. The molecule has 4 rings (SSSR count). The Kier molecular flexibility index (Phi) is 8.39. The minimum atomic E-state index is -0.997. The first-order valence-corrected chi connectivity index (χ1v) is 12.3. The summed E-state index contributed by atoms with van der Waals surface area (Å²) in [7, 11) is 0. The Labute approximate surface area is 210 Å². The molecule has 1 heterocycles. The third-order valence-electron chi connectivity index (χ3n) is 6.17. The summed E-state index contributed by atoms with van der Waals surface area (Å²) in [6.07, 6.45) is 5.33. The summed E-state index contributed by atoms with van der Waals surface area (Å²) in [4.78, 5) is 41.4. The number of carbonyl (C=O) groups excluding carboxylic acids is 3. The fourth-order valence-corrected chi connectivity index (χ4v) is 4.50. The van der Waals surface area contributed by atoms with Crippen molar-refractivity contribution in [2.45, 2.75) is 44.7 Å². The first kappa shape index (κ1) is 25.0. The third-order valence-corrected chi connectivity index (χ3v) is 6.17. The van der Waals surface area contributed by atoms with E-state index >= 15 is 0 Å². The predicted octanol–water partition coefficient (Wildman–Crippen LogP) is 4.24. The fraction of sp³-hybridized carbons (Fsp3) is 0.321. The van der Waals surface area contributed by atoms with Crippen molar-refractivity contribution in [3.05, 3.63) is 84.3 Å². The highest BCUT2D eigenvalue weighted by Crippen LogP contribution is 2.34. The monoisotopic (exact) mass is 489 g/mol. The number of anilines is 1. The highest BCUT2D eigenvalue weighted by molar-refractivity contribution is 6.04. The highest BCUT2D eigenvalue weighted by Gasteiger charge is 2.36. The van der Waals surface area contributed by atoms with Crippen LogP contribution in [0.15, 0.2) is 77.4 Å². The summed E-state index contributed by atoms with van der Waals surface area (Å²) in [6, 6.07) is 18.4. The molecule has 1 saturated carbocycles. The molecule has 0 aliphatic heterocycles. The van der Waals surface area contributed by atoms with Crippen molar-refractivity contribution in [3.8, 4) is 5.75 Å². The lowest BCUT2D eigenvalue weighted by Gasteiger charge is -2.33. The van der Waals surface area contributed by atoms with Gasteiger partial charge in [-0.15, -0.1) is 0 Å². The van der Waals surface area contributed by atoms with Gasteiger partial charge < -0.3 is 19.8 Å². The molecule has 0 unspecified atom stereocenters. The summed E-state index contributed by atoms with van der Waals surface area (Å²) < 4.78 is 11.0. The molecule has 1 atom stereocenters. The van der Waals surface area contributed by atoms with Gasteiger partial charge in [0.05, 0.1) is 19.4 Å². The van der Waals surface area contributed by atoms with Gasteiger partial charge in [-0.1, -0.05) is 49.2 Å². The van der Waals surface area contributed by atoms with Crippen LogP contribution in [0, 0.1) is 0 Å². The molecular weight excluding hydrogens is 458 g/mol. The van der Waals surface area contributed by atoms with Gasteiger partial charge in [-0.05, 0) is 50.1 Å². The van der Waals surface area contributed by atoms with Crippen molar-refractivity contribution in [2.75, 3.05) is 18.1 Å². The van der Waals surface area contributed by atoms with Crippen LogP contribution in [-0.2, 0) is 9.59 Å². The predicted molar refractivity (Wildman–Crippen MR) is 136 cm³/mol.